The molecule has 0 aliphatic heterocycles. The van der Waals surface area contributed by atoms with Crippen molar-refractivity contribution in [2.24, 2.45) is 0 Å². The summed E-state index contributed by atoms with van der Waals surface area (Å²) in [6, 6.07) is 14.9. The minimum Gasteiger partial charge on any atom is -0.465 e. The van der Waals surface area contributed by atoms with E-state index in [-0.39, 0.29) is 11.3 Å². The van der Waals surface area contributed by atoms with Crippen LogP contribution in [0.5, 0.6) is 0 Å². The van der Waals surface area contributed by atoms with E-state index >= 15 is 0 Å². The highest BCUT2D eigenvalue weighted by atomic mass is 16.5. The molecule has 27 heavy (non-hydrogen) atoms. The number of hydrogen-bond acceptors (Lipinski definition) is 5. The van der Waals surface area contributed by atoms with Crippen LogP contribution in [0.15, 0.2) is 48.5 Å². The van der Waals surface area contributed by atoms with E-state index < -0.39 is 11.9 Å². The van der Waals surface area contributed by atoms with E-state index in [1.165, 1.54) is 18.9 Å². The fourth-order valence-corrected chi connectivity index (χ4v) is 3.12. The van der Waals surface area contributed by atoms with Gasteiger partial charge in [-0.25, -0.2) is 14.3 Å². The molecule has 2 aromatic carbocycles. The molecule has 3 rings (SSSR count). The molecule has 6 heteroatoms. The van der Waals surface area contributed by atoms with Gasteiger partial charge in [0.15, 0.2) is 5.69 Å². The Morgan fingerprint density at radius 3 is 2.00 bits per heavy atom. The van der Waals surface area contributed by atoms with Gasteiger partial charge in [-0.2, -0.15) is 5.10 Å². The molecule has 0 amide bonds. The van der Waals surface area contributed by atoms with E-state index in [1.807, 2.05) is 50.2 Å². The Morgan fingerprint density at radius 1 is 0.852 bits per heavy atom. The minimum atomic E-state index is -0.663. The van der Waals surface area contributed by atoms with Gasteiger partial charge < -0.3 is 9.47 Å². The van der Waals surface area contributed by atoms with Crippen LogP contribution in [0, 0.1) is 13.8 Å². The van der Waals surface area contributed by atoms with Crippen LogP contribution in [-0.4, -0.2) is 35.9 Å². The lowest BCUT2D eigenvalue weighted by Crippen LogP contribution is -2.15. The van der Waals surface area contributed by atoms with Crippen molar-refractivity contribution in [1.82, 2.24) is 9.78 Å². The zero-order valence-corrected chi connectivity index (χ0v) is 15.6. The molecule has 0 fully saturated rings. The zero-order chi connectivity index (χ0) is 19.6. The summed E-state index contributed by atoms with van der Waals surface area (Å²) in [4.78, 5) is 25.2. The largest absolute Gasteiger partial charge is 0.465 e. The maximum Gasteiger partial charge on any atom is 0.357 e. The third-order valence-electron chi connectivity index (χ3n) is 4.37. The Morgan fingerprint density at radius 2 is 1.44 bits per heavy atom. The third kappa shape index (κ3) is 3.21. The molecule has 0 unspecified atom stereocenters. The lowest BCUT2D eigenvalue weighted by Gasteiger charge is -2.09. The number of benzene rings is 2. The predicted molar refractivity (Wildman–Crippen MR) is 101 cm³/mol. The van der Waals surface area contributed by atoms with Gasteiger partial charge in [0.05, 0.1) is 19.9 Å². The number of aromatic nitrogens is 2. The number of carbonyl (C=O) groups is 2. The van der Waals surface area contributed by atoms with Crippen LogP contribution >= 0.6 is 0 Å². The number of methoxy groups -OCH3 is 2. The lowest BCUT2D eigenvalue weighted by atomic mass is 9.96. The van der Waals surface area contributed by atoms with Crippen molar-refractivity contribution in [3.8, 4) is 16.9 Å². The SMILES string of the molecule is COC(=O)c1c(-c2c(C)cccc2C)nn(-c2ccccc2)c1C(=O)OC. The lowest BCUT2D eigenvalue weighted by molar-refractivity contribution is 0.0549. The minimum absolute atomic E-state index is 0.0354. The van der Waals surface area contributed by atoms with E-state index in [0.29, 0.717) is 11.4 Å². The first-order chi connectivity index (χ1) is 13.0. The topological polar surface area (TPSA) is 70.4 Å². The number of nitrogens with zero attached hydrogens (tertiary/aromatic N) is 2. The highest BCUT2D eigenvalue weighted by Crippen LogP contribution is 2.33. The fraction of sp³-hybridized carbons (Fsp3) is 0.190. The van der Waals surface area contributed by atoms with Crippen molar-refractivity contribution < 1.29 is 19.1 Å². The summed E-state index contributed by atoms with van der Waals surface area (Å²) in [5, 5.41) is 4.63. The van der Waals surface area contributed by atoms with Crippen LogP contribution < -0.4 is 0 Å². The Hall–Kier alpha value is -3.41. The Bertz CT molecular complexity index is 986. The third-order valence-corrected chi connectivity index (χ3v) is 4.37. The second-order valence-electron chi connectivity index (χ2n) is 6.07. The molecule has 0 atom stereocenters. The highest BCUT2D eigenvalue weighted by Gasteiger charge is 2.32. The molecule has 3 aromatic rings. The zero-order valence-electron chi connectivity index (χ0n) is 15.6. The second-order valence-corrected chi connectivity index (χ2v) is 6.07. The van der Waals surface area contributed by atoms with E-state index in [0.717, 1.165) is 16.7 Å². The molecule has 0 aliphatic rings. The number of rotatable bonds is 4. The molecule has 0 spiro atoms. The van der Waals surface area contributed by atoms with E-state index in [9.17, 15) is 9.59 Å². The number of para-hydroxylation sites is 1. The molecule has 1 heterocycles. The Balaban J connectivity index is 2.42. The van der Waals surface area contributed by atoms with Gasteiger partial charge in [-0.1, -0.05) is 36.4 Å². The molecule has 138 valence electrons. The van der Waals surface area contributed by atoms with E-state index in [4.69, 9.17) is 9.47 Å². The van der Waals surface area contributed by atoms with E-state index in [2.05, 4.69) is 5.10 Å². The molecule has 0 N–H and O–H groups in total. The van der Waals surface area contributed by atoms with Crippen LogP contribution in [0.4, 0.5) is 0 Å². The number of aryl methyl sites for hydroxylation is 2. The van der Waals surface area contributed by atoms with Gasteiger partial charge in [0.1, 0.15) is 11.3 Å². The summed E-state index contributed by atoms with van der Waals surface area (Å²) in [6.07, 6.45) is 0. The van der Waals surface area contributed by atoms with Crippen molar-refractivity contribution in [3.63, 3.8) is 0 Å². The summed E-state index contributed by atoms with van der Waals surface area (Å²) in [6.45, 7) is 3.87. The average Bonchev–Trinajstić information content (AvgIpc) is 3.07. The molecule has 0 saturated carbocycles. The standard InChI is InChI=1S/C21H20N2O4/c1-13-9-8-10-14(2)16(13)18-17(20(24)26-3)19(21(25)27-4)23(22-18)15-11-6-5-7-12-15/h5-12H,1-4H3. The van der Waals surface area contributed by atoms with Gasteiger partial charge in [-0.3, -0.25) is 0 Å². The highest BCUT2D eigenvalue weighted by molar-refractivity contribution is 6.07. The fourth-order valence-electron chi connectivity index (χ4n) is 3.12. The first-order valence-corrected chi connectivity index (χ1v) is 8.41. The van der Waals surface area contributed by atoms with Crippen molar-refractivity contribution >= 4 is 11.9 Å². The molecule has 6 nitrogen and oxygen atoms in total. The summed E-state index contributed by atoms with van der Waals surface area (Å²) < 4.78 is 11.3. The molecule has 0 radical (unpaired) electrons. The number of ether oxygens (including phenoxy) is 2. The number of carbonyl (C=O) groups excluding carboxylic acids is 2. The van der Waals surface area contributed by atoms with Gasteiger partial charge in [-0.15, -0.1) is 0 Å². The number of hydrogen-bond donors (Lipinski definition) is 0. The maximum absolute atomic E-state index is 12.6. The number of esters is 2. The Labute approximate surface area is 157 Å². The first-order valence-electron chi connectivity index (χ1n) is 8.41. The van der Waals surface area contributed by atoms with Gasteiger partial charge in [0.25, 0.3) is 0 Å². The van der Waals surface area contributed by atoms with E-state index in [1.54, 1.807) is 12.1 Å². The van der Waals surface area contributed by atoms with Crippen LogP contribution in [0.3, 0.4) is 0 Å². The van der Waals surface area contributed by atoms with Gasteiger partial charge in [0.2, 0.25) is 0 Å². The first kappa shape index (κ1) is 18.4. The van der Waals surface area contributed by atoms with Gasteiger partial charge in [-0.05, 0) is 37.1 Å². The predicted octanol–water partition coefficient (Wildman–Crippen LogP) is 3.73. The molecular formula is C21H20N2O4. The van der Waals surface area contributed by atoms with Crippen LogP contribution in [0.25, 0.3) is 16.9 Å². The Kier molecular flexibility index (Phi) is 5.07. The summed E-state index contributed by atoms with van der Waals surface area (Å²) in [5.41, 5.74) is 3.82. The molecule has 0 aliphatic carbocycles. The molecule has 0 saturated heterocycles. The van der Waals surface area contributed by atoms with Gasteiger partial charge >= 0.3 is 11.9 Å². The summed E-state index contributed by atoms with van der Waals surface area (Å²) in [5.74, 6) is -1.31. The van der Waals surface area contributed by atoms with Crippen LogP contribution in [-0.2, 0) is 9.47 Å². The monoisotopic (exact) mass is 364 g/mol. The molecular weight excluding hydrogens is 344 g/mol. The summed E-state index contributed by atoms with van der Waals surface area (Å²) in [7, 11) is 2.54. The maximum atomic E-state index is 12.6. The van der Waals surface area contributed by atoms with Crippen molar-refractivity contribution in [2.45, 2.75) is 13.8 Å². The van der Waals surface area contributed by atoms with Crippen LogP contribution in [0.1, 0.15) is 32.0 Å². The van der Waals surface area contributed by atoms with Crippen LogP contribution in [0.2, 0.25) is 0 Å². The quantitative estimate of drug-likeness (QED) is 0.660. The smallest absolute Gasteiger partial charge is 0.357 e. The summed E-state index contributed by atoms with van der Waals surface area (Å²) >= 11 is 0. The average molecular weight is 364 g/mol. The second kappa shape index (κ2) is 7.45. The molecule has 0 bridgehead atoms. The van der Waals surface area contributed by atoms with Crippen molar-refractivity contribution in [2.75, 3.05) is 14.2 Å². The van der Waals surface area contributed by atoms with Crippen molar-refractivity contribution in [1.29, 1.82) is 0 Å². The molecule has 1 aromatic heterocycles. The van der Waals surface area contributed by atoms with Crippen molar-refractivity contribution in [3.05, 3.63) is 70.9 Å². The van der Waals surface area contributed by atoms with Gasteiger partial charge in [0, 0.05) is 5.56 Å². The normalized spacial score (nSPS) is 10.5.